The topological polar surface area (TPSA) is 47.6 Å². The highest BCUT2D eigenvalue weighted by Gasteiger charge is 2.12. The van der Waals surface area contributed by atoms with Gasteiger partial charge in [0.05, 0.1) is 23.6 Å². The number of hydrogen-bond donors (Lipinski definition) is 0. The Morgan fingerprint density at radius 2 is 1.62 bits per heavy atom. The second kappa shape index (κ2) is 6.73. The first kappa shape index (κ1) is 14.8. The minimum Gasteiger partial charge on any atom is -0.198 e. The number of rotatable bonds is 4. The molecule has 0 aromatic heterocycles. The lowest BCUT2D eigenvalue weighted by Gasteiger charge is -2.12. The zero-order valence-corrected chi connectivity index (χ0v) is 12.4. The van der Waals surface area contributed by atoms with Gasteiger partial charge in [0.25, 0.3) is 0 Å². The molecule has 104 valence electrons. The average Bonchev–Trinajstić information content (AvgIpc) is 2.53. The molecule has 2 heteroatoms. The molecule has 2 nitrogen and oxygen atoms in total. The first-order chi connectivity index (χ1) is 10.1. The summed E-state index contributed by atoms with van der Waals surface area (Å²) in [6.07, 6.45) is 0.632. The predicted molar refractivity (Wildman–Crippen MR) is 83.7 cm³/mol. The van der Waals surface area contributed by atoms with Crippen molar-refractivity contribution in [3.05, 3.63) is 70.8 Å². The fraction of sp³-hybridized carbons (Fsp3) is 0.263. The smallest absolute Gasteiger partial charge is 0.0991 e. The molecule has 0 aliphatic rings. The minimum atomic E-state index is -0.180. The van der Waals surface area contributed by atoms with Gasteiger partial charge < -0.3 is 0 Å². The summed E-state index contributed by atoms with van der Waals surface area (Å²) >= 11 is 0. The summed E-state index contributed by atoms with van der Waals surface area (Å²) in [5.41, 5.74) is 3.97. The summed E-state index contributed by atoms with van der Waals surface area (Å²) in [4.78, 5) is 0. The van der Waals surface area contributed by atoms with Crippen molar-refractivity contribution in [2.45, 2.75) is 32.1 Å². The van der Waals surface area contributed by atoms with Crippen LogP contribution in [0.4, 0.5) is 0 Å². The molecule has 0 aliphatic heterocycles. The maximum absolute atomic E-state index is 9.43. The highest BCUT2D eigenvalue weighted by molar-refractivity contribution is 5.36. The fourth-order valence-corrected chi connectivity index (χ4v) is 2.35. The normalized spacial score (nSPS) is 11.7. The maximum Gasteiger partial charge on any atom is 0.0991 e. The van der Waals surface area contributed by atoms with Gasteiger partial charge in [0, 0.05) is 0 Å². The highest BCUT2D eigenvalue weighted by Crippen LogP contribution is 2.23. The van der Waals surface area contributed by atoms with E-state index in [4.69, 9.17) is 5.26 Å². The van der Waals surface area contributed by atoms with Gasteiger partial charge in [-0.05, 0) is 41.2 Å². The molecule has 0 N–H and O–H groups in total. The van der Waals surface area contributed by atoms with Crippen molar-refractivity contribution in [3.63, 3.8) is 0 Å². The van der Waals surface area contributed by atoms with Gasteiger partial charge in [-0.3, -0.25) is 0 Å². The predicted octanol–water partition coefficient (Wildman–Crippen LogP) is 4.53. The Balaban J connectivity index is 2.20. The Kier molecular flexibility index (Phi) is 4.75. The van der Waals surface area contributed by atoms with E-state index >= 15 is 0 Å². The zero-order valence-electron chi connectivity index (χ0n) is 12.4. The molecule has 0 aliphatic carbocycles. The van der Waals surface area contributed by atoms with E-state index in [9.17, 15) is 5.26 Å². The molecule has 2 aromatic rings. The lowest BCUT2D eigenvalue weighted by Crippen LogP contribution is -2.01. The van der Waals surface area contributed by atoms with E-state index < -0.39 is 0 Å². The van der Waals surface area contributed by atoms with E-state index in [1.807, 2.05) is 30.3 Å². The van der Waals surface area contributed by atoms with Gasteiger partial charge in [0.15, 0.2) is 0 Å². The molecular weight excluding hydrogens is 256 g/mol. The van der Waals surface area contributed by atoms with Crippen molar-refractivity contribution in [2.24, 2.45) is 0 Å². The molecule has 0 spiro atoms. The number of nitrogens with zero attached hydrogens (tertiary/aromatic N) is 2. The third-order valence-electron chi connectivity index (χ3n) is 3.66. The maximum atomic E-state index is 9.43. The van der Waals surface area contributed by atoms with Crippen LogP contribution in [-0.2, 0) is 6.42 Å². The second-order valence-corrected chi connectivity index (χ2v) is 5.52. The molecule has 1 unspecified atom stereocenters. The molecule has 0 bridgehead atoms. The molecule has 21 heavy (non-hydrogen) atoms. The van der Waals surface area contributed by atoms with E-state index in [0.717, 1.165) is 11.1 Å². The van der Waals surface area contributed by atoms with Gasteiger partial charge >= 0.3 is 0 Å². The molecule has 0 saturated carbocycles. The van der Waals surface area contributed by atoms with Crippen molar-refractivity contribution in [1.29, 1.82) is 10.5 Å². The van der Waals surface area contributed by atoms with E-state index in [-0.39, 0.29) is 5.92 Å². The van der Waals surface area contributed by atoms with Crippen LogP contribution in [0.25, 0.3) is 0 Å². The summed E-state index contributed by atoms with van der Waals surface area (Å²) in [5, 5.41) is 18.4. The number of hydrogen-bond acceptors (Lipinski definition) is 2. The lowest BCUT2D eigenvalue weighted by molar-refractivity contribution is 0.836. The van der Waals surface area contributed by atoms with Crippen LogP contribution in [0.5, 0.6) is 0 Å². The molecule has 0 radical (unpaired) electrons. The first-order valence-corrected chi connectivity index (χ1v) is 7.12. The van der Waals surface area contributed by atoms with Crippen LogP contribution >= 0.6 is 0 Å². The number of nitriles is 2. The Bertz CT molecular complexity index is 685. The molecule has 0 heterocycles. The summed E-state index contributed by atoms with van der Waals surface area (Å²) in [6, 6.07) is 20.2. The third-order valence-corrected chi connectivity index (χ3v) is 3.66. The molecule has 2 aromatic carbocycles. The summed E-state index contributed by atoms with van der Waals surface area (Å²) in [7, 11) is 0. The first-order valence-electron chi connectivity index (χ1n) is 7.12. The Morgan fingerprint density at radius 3 is 2.19 bits per heavy atom. The molecule has 1 atom stereocenters. The highest BCUT2D eigenvalue weighted by atomic mass is 14.3. The van der Waals surface area contributed by atoms with Gasteiger partial charge in [0.2, 0.25) is 0 Å². The van der Waals surface area contributed by atoms with E-state index in [1.54, 1.807) is 6.07 Å². The Hall–Kier alpha value is -2.58. The largest absolute Gasteiger partial charge is 0.198 e. The van der Waals surface area contributed by atoms with Gasteiger partial charge in [-0.1, -0.05) is 50.2 Å². The summed E-state index contributed by atoms with van der Waals surface area (Å²) in [5.74, 6) is 0.312. The lowest BCUT2D eigenvalue weighted by atomic mass is 9.91. The standard InChI is InChI=1S/C19H18N2/c1-14(2)17-6-8-18(9-7-17)19(13-21)11-15-4-3-5-16(10-15)12-20/h3-10,14,19H,11H2,1-2H3. The Morgan fingerprint density at radius 1 is 0.952 bits per heavy atom. The fourth-order valence-electron chi connectivity index (χ4n) is 2.35. The van der Waals surface area contributed by atoms with Crippen LogP contribution in [0.1, 0.15) is 47.9 Å². The molecular formula is C19H18N2. The van der Waals surface area contributed by atoms with Gasteiger partial charge in [-0.25, -0.2) is 0 Å². The van der Waals surface area contributed by atoms with Crippen LogP contribution in [0.15, 0.2) is 48.5 Å². The van der Waals surface area contributed by atoms with Gasteiger partial charge in [0.1, 0.15) is 0 Å². The summed E-state index contributed by atoms with van der Waals surface area (Å²) < 4.78 is 0. The SMILES string of the molecule is CC(C)c1ccc(C(C#N)Cc2cccc(C#N)c2)cc1. The minimum absolute atomic E-state index is 0.180. The number of benzene rings is 2. The van der Waals surface area contributed by atoms with Crippen LogP contribution < -0.4 is 0 Å². The van der Waals surface area contributed by atoms with E-state index in [0.29, 0.717) is 17.9 Å². The Labute approximate surface area is 126 Å². The monoisotopic (exact) mass is 274 g/mol. The van der Waals surface area contributed by atoms with Crippen molar-refractivity contribution < 1.29 is 0 Å². The van der Waals surface area contributed by atoms with Crippen molar-refractivity contribution >= 4 is 0 Å². The van der Waals surface area contributed by atoms with Crippen molar-refractivity contribution in [1.82, 2.24) is 0 Å². The van der Waals surface area contributed by atoms with Crippen molar-refractivity contribution in [3.8, 4) is 12.1 Å². The quantitative estimate of drug-likeness (QED) is 0.822. The van der Waals surface area contributed by atoms with Crippen LogP contribution in [0.2, 0.25) is 0 Å². The average molecular weight is 274 g/mol. The molecule has 2 rings (SSSR count). The molecule has 0 saturated heterocycles. The third kappa shape index (κ3) is 3.71. The molecule has 0 amide bonds. The van der Waals surface area contributed by atoms with Gasteiger partial charge in [-0.2, -0.15) is 10.5 Å². The van der Waals surface area contributed by atoms with Gasteiger partial charge in [-0.15, -0.1) is 0 Å². The molecule has 0 fully saturated rings. The van der Waals surface area contributed by atoms with E-state index in [2.05, 4.69) is 38.1 Å². The second-order valence-electron chi connectivity index (χ2n) is 5.52. The van der Waals surface area contributed by atoms with Crippen LogP contribution in [0, 0.1) is 22.7 Å². The summed E-state index contributed by atoms with van der Waals surface area (Å²) in [6.45, 7) is 4.31. The van der Waals surface area contributed by atoms with Crippen molar-refractivity contribution in [2.75, 3.05) is 0 Å². The van der Waals surface area contributed by atoms with Crippen LogP contribution in [-0.4, -0.2) is 0 Å². The van der Waals surface area contributed by atoms with Crippen LogP contribution in [0.3, 0.4) is 0 Å². The zero-order chi connectivity index (χ0) is 15.2. The van der Waals surface area contributed by atoms with E-state index in [1.165, 1.54) is 5.56 Å².